The van der Waals surface area contributed by atoms with Crippen LogP contribution < -0.4 is 0 Å². The van der Waals surface area contributed by atoms with Crippen molar-refractivity contribution in [2.45, 2.75) is 64.0 Å². The van der Waals surface area contributed by atoms with Crippen molar-refractivity contribution in [2.24, 2.45) is 0 Å². The molecule has 0 aromatic carbocycles. The quantitative estimate of drug-likeness (QED) is 0.832. The second-order valence-electron chi connectivity index (χ2n) is 7.77. The maximum atomic E-state index is 13.3. The molecule has 144 valence electrons. The van der Waals surface area contributed by atoms with Gasteiger partial charge in [-0.05, 0) is 58.7 Å². The van der Waals surface area contributed by atoms with E-state index in [1.807, 2.05) is 6.92 Å². The number of hydrogen-bond acceptors (Lipinski definition) is 4. The lowest BCUT2D eigenvalue weighted by Gasteiger charge is -2.47. The summed E-state index contributed by atoms with van der Waals surface area (Å²) in [4.78, 5) is 26.2. The van der Waals surface area contributed by atoms with E-state index < -0.39 is 0 Å². The zero-order chi connectivity index (χ0) is 18.7. The lowest BCUT2D eigenvalue weighted by molar-refractivity contribution is -0.150. The maximum Gasteiger partial charge on any atom is 0.290 e. The van der Waals surface area contributed by atoms with Gasteiger partial charge in [-0.3, -0.25) is 19.2 Å². The highest BCUT2D eigenvalue weighted by Crippen LogP contribution is 2.40. The molecule has 0 radical (unpaired) electrons. The van der Waals surface area contributed by atoms with Crippen molar-refractivity contribution >= 4 is 12.4 Å². The highest BCUT2D eigenvalue weighted by Gasteiger charge is 2.51. The molecule has 0 spiro atoms. The molecule has 7 heteroatoms. The van der Waals surface area contributed by atoms with Gasteiger partial charge in [0, 0.05) is 18.8 Å². The zero-order valence-corrected chi connectivity index (χ0v) is 15.9. The number of rotatable bonds is 3. The van der Waals surface area contributed by atoms with Gasteiger partial charge in [0.15, 0.2) is 0 Å². The molecule has 2 aliphatic heterocycles. The zero-order valence-electron chi connectivity index (χ0n) is 15.9. The van der Waals surface area contributed by atoms with Crippen LogP contribution in [0.15, 0.2) is 6.07 Å². The molecule has 2 saturated heterocycles. The first-order chi connectivity index (χ1) is 12.5. The number of aromatic nitrogens is 2. The number of hydrogen-bond donors (Lipinski definition) is 1. The van der Waals surface area contributed by atoms with Crippen molar-refractivity contribution < 1.29 is 14.7 Å². The van der Waals surface area contributed by atoms with Crippen molar-refractivity contribution in [3.05, 3.63) is 17.5 Å². The standard InChI is InChI=1S/C18H28N4O.CH2O2/c1-14-11-15(2)22(19-14)16-12-20(13-16)17(23)18(7-3-4-8-18)21-9-5-6-10-21;2-1-3/h11,16H,3-10,12-13H2,1-2H3;1H,(H,2,3). The molecule has 7 nitrogen and oxygen atoms in total. The Morgan fingerprint density at radius 3 is 2.27 bits per heavy atom. The Bertz CT molecular complexity index is 639. The normalized spacial score (nSPS) is 22.6. The molecule has 26 heavy (non-hydrogen) atoms. The van der Waals surface area contributed by atoms with E-state index in [2.05, 4.69) is 32.6 Å². The first-order valence-corrected chi connectivity index (χ1v) is 9.67. The van der Waals surface area contributed by atoms with Crippen LogP contribution in [-0.2, 0) is 9.59 Å². The van der Waals surface area contributed by atoms with Gasteiger partial charge in [-0.2, -0.15) is 5.10 Å². The number of amides is 1. The third kappa shape index (κ3) is 3.37. The van der Waals surface area contributed by atoms with Crippen molar-refractivity contribution in [3.8, 4) is 0 Å². The number of carbonyl (C=O) groups is 2. The lowest BCUT2D eigenvalue weighted by Crippen LogP contribution is -2.62. The van der Waals surface area contributed by atoms with E-state index >= 15 is 0 Å². The molecule has 0 atom stereocenters. The maximum absolute atomic E-state index is 13.3. The van der Waals surface area contributed by atoms with E-state index in [1.165, 1.54) is 31.4 Å². The van der Waals surface area contributed by atoms with Gasteiger partial charge in [-0.15, -0.1) is 0 Å². The van der Waals surface area contributed by atoms with Crippen LogP contribution in [0.4, 0.5) is 0 Å². The molecular weight excluding hydrogens is 332 g/mol. The summed E-state index contributed by atoms with van der Waals surface area (Å²) in [6.07, 6.45) is 7.04. The second kappa shape index (κ2) is 7.78. The molecule has 1 aromatic heterocycles. The minimum Gasteiger partial charge on any atom is -0.483 e. The van der Waals surface area contributed by atoms with Crippen molar-refractivity contribution in [2.75, 3.05) is 26.2 Å². The smallest absolute Gasteiger partial charge is 0.290 e. The van der Waals surface area contributed by atoms with E-state index in [9.17, 15) is 4.79 Å². The van der Waals surface area contributed by atoms with Gasteiger partial charge in [0.1, 0.15) is 5.54 Å². The first kappa shape index (κ1) is 18.9. The van der Waals surface area contributed by atoms with Crippen LogP contribution >= 0.6 is 0 Å². The molecule has 4 rings (SSSR count). The number of carbonyl (C=O) groups excluding carboxylic acids is 1. The molecule has 0 unspecified atom stereocenters. The van der Waals surface area contributed by atoms with Crippen LogP contribution in [0.3, 0.4) is 0 Å². The molecule has 1 aliphatic carbocycles. The lowest BCUT2D eigenvalue weighted by atomic mass is 9.91. The predicted molar refractivity (Wildman–Crippen MR) is 98.0 cm³/mol. The Balaban J connectivity index is 0.000000613. The topological polar surface area (TPSA) is 78.7 Å². The summed E-state index contributed by atoms with van der Waals surface area (Å²) in [5.74, 6) is 0.398. The molecule has 3 aliphatic rings. The van der Waals surface area contributed by atoms with Gasteiger partial charge >= 0.3 is 0 Å². The van der Waals surface area contributed by atoms with Gasteiger partial charge in [0.2, 0.25) is 5.91 Å². The molecule has 1 saturated carbocycles. The molecule has 3 heterocycles. The van der Waals surface area contributed by atoms with Crippen LogP contribution in [0.1, 0.15) is 56.0 Å². The Hall–Kier alpha value is -1.89. The monoisotopic (exact) mass is 362 g/mol. The average molecular weight is 362 g/mol. The highest BCUT2D eigenvalue weighted by molar-refractivity contribution is 5.87. The van der Waals surface area contributed by atoms with E-state index in [4.69, 9.17) is 9.90 Å². The van der Waals surface area contributed by atoms with Crippen LogP contribution in [0.5, 0.6) is 0 Å². The van der Waals surface area contributed by atoms with Crippen molar-refractivity contribution in [1.82, 2.24) is 19.6 Å². The number of nitrogens with zero attached hydrogens (tertiary/aromatic N) is 4. The summed E-state index contributed by atoms with van der Waals surface area (Å²) in [5, 5.41) is 11.5. The minimum atomic E-state index is -0.250. The van der Waals surface area contributed by atoms with E-state index in [0.29, 0.717) is 11.9 Å². The summed E-state index contributed by atoms with van der Waals surface area (Å²) >= 11 is 0. The van der Waals surface area contributed by atoms with Gasteiger partial charge < -0.3 is 10.0 Å². The molecule has 1 N–H and O–H groups in total. The van der Waals surface area contributed by atoms with Crippen molar-refractivity contribution in [3.63, 3.8) is 0 Å². The summed E-state index contributed by atoms with van der Waals surface area (Å²) in [6, 6.07) is 2.48. The van der Waals surface area contributed by atoms with E-state index in [1.54, 1.807) is 0 Å². The van der Waals surface area contributed by atoms with Crippen LogP contribution in [0.25, 0.3) is 0 Å². The third-order valence-electron chi connectivity index (χ3n) is 6.08. The van der Waals surface area contributed by atoms with Crippen LogP contribution in [0.2, 0.25) is 0 Å². The molecule has 0 bridgehead atoms. The second-order valence-corrected chi connectivity index (χ2v) is 7.77. The number of carboxylic acid groups (broad SMARTS) is 1. The number of likely N-dealkylation sites (tertiary alicyclic amines) is 2. The van der Waals surface area contributed by atoms with E-state index in [0.717, 1.165) is 44.7 Å². The number of aryl methyl sites for hydroxylation is 2. The van der Waals surface area contributed by atoms with Gasteiger partial charge in [-0.1, -0.05) is 12.8 Å². The van der Waals surface area contributed by atoms with E-state index in [-0.39, 0.29) is 12.0 Å². The fourth-order valence-corrected chi connectivity index (χ4v) is 4.86. The minimum absolute atomic E-state index is 0.170. The van der Waals surface area contributed by atoms with Crippen molar-refractivity contribution in [1.29, 1.82) is 0 Å². The summed E-state index contributed by atoms with van der Waals surface area (Å²) < 4.78 is 2.11. The van der Waals surface area contributed by atoms with Gasteiger partial charge in [-0.25, -0.2) is 0 Å². The predicted octanol–water partition coefficient (Wildman–Crippen LogP) is 1.99. The Morgan fingerprint density at radius 2 is 1.77 bits per heavy atom. The SMILES string of the molecule is Cc1cc(C)n(C2CN(C(=O)C3(N4CCCC4)CCCC3)C2)n1.O=CO. The van der Waals surface area contributed by atoms with Gasteiger partial charge in [0.25, 0.3) is 6.47 Å². The largest absolute Gasteiger partial charge is 0.483 e. The highest BCUT2D eigenvalue weighted by atomic mass is 16.3. The molecular formula is C19H30N4O3. The fraction of sp³-hybridized carbons (Fsp3) is 0.737. The molecule has 1 amide bonds. The summed E-state index contributed by atoms with van der Waals surface area (Å²) in [5.41, 5.74) is 2.10. The van der Waals surface area contributed by atoms with Crippen LogP contribution in [0, 0.1) is 13.8 Å². The molecule has 3 fully saturated rings. The Labute approximate surface area is 155 Å². The van der Waals surface area contributed by atoms with Crippen LogP contribution in [-0.4, -0.2) is 68.8 Å². The fourth-order valence-electron chi connectivity index (χ4n) is 4.86. The Kier molecular flexibility index (Phi) is 5.65. The first-order valence-electron chi connectivity index (χ1n) is 9.67. The Morgan fingerprint density at radius 1 is 1.19 bits per heavy atom. The third-order valence-corrected chi connectivity index (χ3v) is 6.08. The molecule has 1 aromatic rings. The summed E-state index contributed by atoms with van der Waals surface area (Å²) in [7, 11) is 0. The average Bonchev–Trinajstić information content (AvgIpc) is 3.28. The summed E-state index contributed by atoms with van der Waals surface area (Å²) in [6.45, 7) is 7.77. The van der Waals surface area contributed by atoms with Gasteiger partial charge in [0.05, 0.1) is 11.7 Å².